The number of carbonyl (C=O) groups is 1. The molecule has 1 aliphatic rings. The van der Waals surface area contributed by atoms with Gasteiger partial charge in [0.15, 0.2) is 0 Å². The van der Waals surface area contributed by atoms with E-state index < -0.39 is 0 Å². The molecule has 0 saturated carbocycles. The molecule has 0 spiro atoms. The highest BCUT2D eigenvalue weighted by Crippen LogP contribution is 2.25. The van der Waals surface area contributed by atoms with Crippen LogP contribution in [0, 0.1) is 5.92 Å². The van der Waals surface area contributed by atoms with Crippen LogP contribution in [0.2, 0.25) is 0 Å². The number of benzene rings is 1. The van der Waals surface area contributed by atoms with Gasteiger partial charge >= 0.3 is 0 Å². The molecule has 1 N–H and O–H groups in total. The van der Waals surface area contributed by atoms with Crippen LogP contribution in [0.5, 0.6) is 5.75 Å². The molecular formula is C18H28N2O2S. The Morgan fingerprint density at radius 2 is 2.00 bits per heavy atom. The number of hydrogen-bond donors (Lipinski definition) is 1. The number of amides is 1. The highest BCUT2D eigenvalue weighted by Gasteiger charge is 2.18. The third kappa shape index (κ3) is 6.07. The molecule has 0 aliphatic carbocycles. The molecule has 1 saturated heterocycles. The van der Waals surface area contributed by atoms with Crippen LogP contribution in [0.3, 0.4) is 0 Å². The van der Waals surface area contributed by atoms with Crippen LogP contribution in [0.15, 0.2) is 29.2 Å². The maximum Gasteiger partial charge on any atom is 0.233 e. The number of likely N-dealkylation sites (tertiary alicyclic amines) is 1. The first kappa shape index (κ1) is 18.1. The first-order valence-electron chi connectivity index (χ1n) is 8.35. The molecule has 128 valence electrons. The Balaban J connectivity index is 1.68. The van der Waals surface area contributed by atoms with Gasteiger partial charge in [-0.25, -0.2) is 0 Å². The summed E-state index contributed by atoms with van der Waals surface area (Å²) in [6.07, 6.45) is 3.60. The fourth-order valence-corrected chi connectivity index (χ4v) is 3.70. The van der Waals surface area contributed by atoms with E-state index in [0.717, 1.165) is 29.5 Å². The summed E-state index contributed by atoms with van der Waals surface area (Å²) in [7, 11) is 3.83. The second-order valence-corrected chi connectivity index (χ2v) is 7.68. The Labute approximate surface area is 144 Å². The van der Waals surface area contributed by atoms with Crippen molar-refractivity contribution in [2.24, 2.45) is 5.92 Å². The zero-order chi connectivity index (χ0) is 16.7. The maximum atomic E-state index is 12.2. The van der Waals surface area contributed by atoms with Crippen LogP contribution in [-0.2, 0) is 4.79 Å². The molecule has 1 aromatic rings. The summed E-state index contributed by atoms with van der Waals surface area (Å²) in [6.45, 7) is 5.12. The summed E-state index contributed by atoms with van der Waals surface area (Å²) in [5.41, 5.74) is 0. The van der Waals surface area contributed by atoms with E-state index in [-0.39, 0.29) is 11.2 Å². The molecule has 0 aromatic heterocycles. The molecule has 1 atom stereocenters. The Kier molecular flexibility index (Phi) is 7.24. The first-order chi connectivity index (χ1) is 11.1. The van der Waals surface area contributed by atoms with Crippen molar-refractivity contribution in [1.82, 2.24) is 10.2 Å². The van der Waals surface area contributed by atoms with Gasteiger partial charge in [-0.05, 0) is 76.5 Å². The molecule has 1 aromatic carbocycles. The number of piperidine rings is 1. The van der Waals surface area contributed by atoms with Crippen molar-refractivity contribution in [2.75, 3.05) is 33.8 Å². The fourth-order valence-electron chi connectivity index (χ4n) is 2.81. The van der Waals surface area contributed by atoms with Gasteiger partial charge in [-0.2, -0.15) is 0 Å². The number of ether oxygens (including phenoxy) is 1. The summed E-state index contributed by atoms with van der Waals surface area (Å²) in [5.74, 6) is 1.72. The fraction of sp³-hybridized carbons (Fsp3) is 0.611. The molecule has 0 bridgehead atoms. The molecule has 1 amide bonds. The average molecular weight is 337 g/mol. The molecule has 23 heavy (non-hydrogen) atoms. The molecule has 1 fully saturated rings. The van der Waals surface area contributed by atoms with Crippen LogP contribution in [0.1, 0.15) is 26.2 Å². The highest BCUT2D eigenvalue weighted by molar-refractivity contribution is 8.00. The van der Waals surface area contributed by atoms with Crippen molar-refractivity contribution in [3.63, 3.8) is 0 Å². The minimum atomic E-state index is -0.0825. The van der Waals surface area contributed by atoms with E-state index in [0.29, 0.717) is 0 Å². The van der Waals surface area contributed by atoms with E-state index in [1.54, 1.807) is 18.9 Å². The number of nitrogens with one attached hydrogen (secondary N) is 1. The normalized spacial score (nSPS) is 17.7. The van der Waals surface area contributed by atoms with E-state index in [1.807, 2.05) is 31.2 Å². The summed E-state index contributed by atoms with van der Waals surface area (Å²) < 4.78 is 5.15. The highest BCUT2D eigenvalue weighted by atomic mass is 32.2. The quantitative estimate of drug-likeness (QED) is 0.777. The van der Waals surface area contributed by atoms with Crippen molar-refractivity contribution in [3.05, 3.63) is 24.3 Å². The smallest absolute Gasteiger partial charge is 0.233 e. The van der Waals surface area contributed by atoms with Crippen molar-refractivity contribution >= 4 is 17.7 Å². The van der Waals surface area contributed by atoms with Crippen LogP contribution >= 0.6 is 11.8 Å². The van der Waals surface area contributed by atoms with Crippen LogP contribution in [-0.4, -0.2) is 49.8 Å². The van der Waals surface area contributed by atoms with Crippen molar-refractivity contribution in [2.45, 2.75) is 36.3 Å². The van der Waals surface area contributed by atoms with Crippen molar-refractivity contribution < 1.29 is 9.53 Å². The Hall–Kier alpha value is -1.20. The predicted octanol–water partition coefficient (Wildman–Crippen LogP) is 3.02. The lowest BCUT2D eigenvalue weighted by atomic mass is 9.94. The number of nitrogens with zero attached hydrogens (tertiary/aromatic N) is 1. The van der Waals surface area contributed by atoms with Gasteiger partial charge in [-0.1, -0.05) is 0 Å². The number of rotatable bonds is 7. The Morgan fingerprint density at radius 3 is 2.61 bits per heavy atom. The maximum absolute atomic E-state index is 12.2. The zero-order valence-electron chi connectivity index (χ0n) is 14.4. The first-order valence-corrected chi connectivity index (χ1v) is 9.23. The van der Waals surface area contributed by atoms with Crippen molar-refractivity contribution in [3.8, 4) is 5.75 Å². The summed E-state index contributed by atoms with van der Waals surface area (Å²) in [4.78, 5) is 15.7. The number of carbonyl (C=O) groups excluding carboxylic acids is 1. The monoisotopic (exact) mass is 336 g/mol. The second kappa shape index (κ2) is 9.18. The molecule has 4 nitrogen and oxygen atoms in total. The molecule has 1 heterocycles. The van der Waals surface area contributed by atoms with Gasteiger partial charge in [0.2, 0.25) is 5.91 Å². The van der Waals surface area contributed by atoms with E-state index >= 15 is 0 Å². The van der Waals surface area contributed by atoms with Gasteiger partial charge in [0.25, 0.3) is 0 Å². The van der Waals surface area contributed by atoms with E-state index in [9.17, 15) is 4.79 Å². The van der Waals surface area contributed by atoms with Crippen LogP contribution in [0.25, 0.3) is 0 Å². The van der Waals surface area contributed by atoms with Crippen LogP contribution < -0.4 is 10.1 Å². The van der Waals surface area contributed by atoms with E-state index in [1.165, 1.54) is 25.9 Å². The lowest BCUT2D eigenvalue weighted by Crippen LogP contribution is -2.35. The topological polar surface area (TPSA) is 41.6 Å². The third-order valence-electron chi connectivity index (χ3n) is 4.43. The largest absolute Gasteiger partial charge is 0.497 e. The second-order valence-electron chi connectivity index (χ2n) is 6.26. The average Bonchev–Trinajstić information content (AvgIpc) is 2.57. The number of methoxy groups -OCH3 is 1. The van der Waals surface area contributed by atoms with Gasteiger partial charge in [0, 0.05) is 11.4 Å². The third-order valence-corrected chi connectivity index (χ3v) is 5.54. The van der Waals surface area contributed by atoms with Gasteiger partial charge in [0.1, 0.15) is 5.75 Å². The minimum Gasteiger partial charge on any atom is -0.497 e. The number of hydrogen-bond acceptors (Lipinski definition) is 4. The number of thioether (sulfide) groups is 1. The van der Waals surface area contributed by atoms with Crippen molar-refractivity contribution in [1.29, 1.82) is 0 Å². The minimum absolute atomic E-state index is 0.0825. The summed E-state index contributed by atoms with van der Waals surface area (Å²) >= 11 is 1.58. The molecule has 5 heteroatoms. The van der Waals surface area contributed by atoms with E-state index in [4.69, 9.17) is 4.74 Å². The SMILES string of the molecule is COc1ccc(S[C@H](C)C(=O)NCCC2CCN(C)CC2)cc1. The van der Waals surface area contributed by atoms with Gasteiger partial charge in [0.05, 0.1) is 12.4 Å². The summed E-state index contributed by atoms with van der Waals surface area (Å²) in [6, 6.07) is 7.83. The molecule has 0 unspecified atom stereocenters. The molecule has 2 rings (SSSR count). The lowest BCUT2D eigenvalue weighted by molar-refractivity contribution is -0.120. The molecule has 0 radical (unpaired) electrons. The molecular weight excluding hydrogens is 308 g/mol. The van der Waals surface area contributed by atoms with Gasteiger partial charge < -0.3 is 15.0 Å². The Bertz CT molecular complexity index is 484. The Morgan fingerprint density at radius 1 is 1.35 bits per heavy atom. The predicted molar refractivity (Wildman–Crippen MR) is 96.2 cm³/mol. The molecule has 1 aliphatic heterocycles. The zero-order valence-corrected chi connectivity index (χ0v) is 15.2. The lowest BCUT2D eigenvalue weighted by Gasteiger charge is -2.29. The summed E-state index contributed by atoms with van der Waals surface area (Å²) in [5, 5.41) is 3.00. The van der Waals surface area contributed by atoms with E-state index in [2.05, 4.69) is 17.3 Å². The van der Waals surface area contributed by atoms with Gasteiger partial charge in [-0.3, -0.25) is 4.79 Å². The standard InChI is InChI=1S/C18H28N2O2S/c1-14(23-17-6-4-16(22-3)5-7-17)18(21)19-11-8-15-9-12-20(2)13-10-15/h4-7,14-15H,8-13H2,1-3H3,(H,19,21)/t14-/m1/s1. The van der Waals surface area contributed by atoms with Gasteiger partial charge in [-0.15, -0.1) is 11.8 Å². The van der Waals surface area contributed by atoms with Crippen LogP contribution in [0.4, 0.5) is 0 Å².